The lowest BCUT2D eigenvalue weighted by molar-refractivity contribution is -0.127. The molecule has 0 bridgehead atoms. The molecule has 2 aliphatic heterocycles. The molecule has 12 nitrogen and oxygen atoms in total. The number of anilines is 2. The van der Waals surface area contributed by atoms with Crippen molar-refractivity contribution in [2.45, 2.75) is 37.1 Å². The monoisotopic (exact) mass is 678 g/mol. The molecular weight excluding hydrogens is 642 g/mol. The molecule has 6 rings (SSSR count). The topological polar surface area (TPSA) is 143 Å². The summed E-state index contributed by atoms with van der Waals surface area (Å²) in [5, 5.41) is 10.4. The lowest BCUT2D eigenvalue weighted by Gasteiger charge is -2.33. The largest absolute Gasteiger partial charge is 0.462 e. The lowest BCUT2D eigenvalue weighted by atomic mass is 10.0. The number of nitrogens with zero attached hydrogens (tertiary/aromatic N) is 7. The number of carbonyl (C=O) groups excluding carboxylic acids is 1. The summed E-state index contributed by atoms with van der Waals surface area (Å²) in [6, 6.07) is 3.99. The molecule has 2 N–H and O–H groups in total. The number of rotatable bonds is 10. The number of carbonyl (C=O) groups is 1. The fourth-order valence-electron chi connectivity index (χ4n) is 6.81. The van der Waals surface area contributed by atoms with E-state index in [1.54, 1.807) is 19.1 Å². The summed E-state index contributed by atoms with van der Waals surface area (Å²) in [7, 11) is 7.04. The van der Waals surface area contributed by atoms with Gasteiger partial charge in [-0.25, -0.2) is 8.78 Å². The molecule has 2 fully saturated rings. The minimum absolute atomic E-state index is 0.0219. The fourth-order valence-corrected chi connectivity index (χ4v) is 7.76. The van der Waals surface area contributed by atoms with Gasteiger partial charge in [0, 0.05) is 57.5 Å². The van der Waals surface area contributed by atoms with Gasteiger partial charge in [-0.15, -0.1) is 11.3 Å². The molecule has 1 amide bonds. The molecule has 2 saturated heterocycles. The number of pyridine rings is 1. The van der Waals surface area contributed by atoms with E-state index in [1.165, 1.54) is 24.4 Å². The molecule has 4 aromatic rings. The van der Waals surface area contributed by atoms with Crippen LogP contribution in [0.1, 0.15) is 18.4 Å². The number of halogens is 2. The van der Waals surface area contributed by atoms with Gasteiger partial charge >= 0.3 is 6.01 Å². The van der Waals surface area contributed by atoms with Crippen LogP contribution in [0, 0.1) is 23.0 Å². The average Bonchev–Trinajstić information content (AvgIpc) is 3.78. The number of amides is 1. The van der Waals surface area contributed by atoms with E-state index in [4.69, 9.17) is 24.9 Å². The van der Waals surface area contributed by atoms with Crippen LogP contribution < -0.4 is 15.4 Å². The Balaban J connectivity index is 1.48. The predicted molar refractivity (Wildman–Crippen MR) is 179 cm³/mol. The van der Waals surface area contributed by atoms with Crippen LogP contribution in [0.4, 0.5) is 19.6 Å². The van der Waals surface area contributed by atoms with Crippen molar-refractivity contribution in [3.63, 3.8) is 0 Å². The number of hydrogen-bond donors (Lipinski definition) is 1. The SMILES string of the molecule is C=CC(=O)N1CCC(N(C)c2nc(OCC3CC(OC)CN3C)nc3c(F)c(-c4ccc(F)c5sc(N)c(C#N)c45)ncc23)C1COC. The standard InChI is InChI=1S/C33H36F2N8O4S/c1-6-25(44)43-10-9-23(24(43)16-45-4)42(3)32-21-13-38-28(19-7-8-22(34)30-26(19)20(12-36)31(37)48-30)27(35)29(21)39-33(40-32)47-15-17-11-18(46-5)14-41(17)2/h6-8,13,17-18,23-24H,1,9-11,14-16,37H2,2-5H3. The van der Waals surface area contributed by atoms with Gasteiger partial charge in [0.25, 0.3) is 0 Å². The van der Waals surface area contributed by atoms with Crippen LogP contribution >= 0.6 is 11.3 Å². The zero-order chi connectivity index (χ0) is 34.3. The molecule has 2 aliphatic rings. The molecule has 4 unspecified atom stereocenters. The van der Waals surface area contributed by atoms with Crippen LogP contribution in [-0.4, -0.2) is 110 Å². The number of aromatic nitrogens is 3. The highest BCUT2D eigenvalue weighted by atomic mass is 32.1. The van der Waals surface area contributed by atoms with E-state index in [0.29, 0.717) is 24.2 Å². The second-order valence-corrected chi connectivity index (χ2v) is 13.0. The first-order chi connectivity index (χ1) is 23.1. The lowest BCUT2D eigenvalue weighted by Crippen LogP contribution is -2.48. The second-order valence-electron chi connectivity index (χ2n) is 12.0. The number of nitrogen functional groups attached to an aromatic ring is 1. The number of nitriles is 1. The van der Waals surface area contributed by atoms with Crippen molar-refractivity contribution in [1.29, 1.82) is 5.26 Å². The summed E-state index contributed by atoms with van der Waals surface area (Å²) in [6.07, 6.45) is 4.13. The summed E-state index contributed by atoms with van der Waals surface area (Å²) in [4.78, 5) is 32.2. The van der Waals surface area contributed by atoms with E-state index in [9.17, 15) is 14.4 Å². The van der Waals surface area contributed by atoms with E-state index in [1.807, 2.05) is 25.1 Å². The Morgan fingerprint density at radius 2 is 2.08 bits per heavy atom. The summed E-state index contributed by atoms with van der Waals surface area (Å²) in [5.74, 6) is -1.23. The first kappa shape index (κ1) is 33.4. The quantitative estimate of drug-likeness (QED) is 0.244. The van der Waals surface area contributed by atoms with Crippen molar-refractivity contribution in [3.05, 3.63) is 48.2 Å². The van der Waals surface area contributed by atoms with Gasteiger partial charge in [-0.2, -0.15) is 15.2 Å². The Labute approximate surface area is 280 Å². The number of hydrogen-bond acceptors (Lipinski definition) is 12. The van der Waals surface area contributed by atoms with Gasteiger partial charge in [-0.1, -0.05) is 6.58 Å². The highest BCUT2D eigenvalue weighted by Crippen LogP contribution is 2.42. The van der Waals surface area contributed by atoms with Gasteiger partial charge in [0.2, 0.25) is 5.91 Å². The normalized spacial score (nSPS) is 21.2. The van der Waals surface area contributed by atoms with Gasteiger partial charge in [0.1, 0.15) is 40.5 Å². The summed E-state index contributed by atoms with van der Waals surface area (Å²) in [5.41, 5.74) is 6.11. The van der Waals surface area contributed by atoms with E-state index in [-0.39, 0.29) is 86.8 Å². The van der Waals surface area contributed by atoms with Crippen molar-refractivity contribution in [3.8, 4) is 23.3 Å². The zero-order valence-corrected chi connectivity index (χ0v) is 27.9. The Bertz CT molecular complexity index is 1930. The Hall–Kier alpha value is -4.49. The van der Waals surface area contributed by atoms with E-state index < -0.39 is 11.6 Å². The molecule has 0 radical (unpaired) electrons. The van der Waals surface area contributed by atoms with Crippen LogP contribution in [0.25, 0.3) is 32.2 Å². The van der Waals surface area contributed by atoms with Gasteiger partial charge in [-0.05, 0) is 38.1 Å². The molecule has 3 aromatic heterocycles. The third-order valence-corrected chi connectivity index (χ3v) is 10.4. The van der Waals surface area contributed by atoms with Crippen molar-refractivity contribution >= 4 is 49.1 Å². The Morgan fingerprint density at radius 1 is 1.29 bits per heavy atom. The maximum absolute atomic E-state index is 16.8. The number of benzene rings is 1. The number of methoxy groups -OCH3 is 2. The fraction of sp³-hybridized carbons (Fsp3) is 0.424. The van der Waals surface area contributed by atoms with Gasteiger partial charge in [-0.3, -0.25) is 14.7 Å². The van der Waals surface area contributed by atoms with Crippen LogP contribution in [0.3, 0.4) is 0 Å². The third-order valence-electron chi connectivity index (χ3n) is 9.35. The summed E-state index contributed by atoms with van der Waals surface area (Å²) >= 11 is 0.920. The molecule has 0 spiro atoms. The molecular formula is C33H36F2N8O4S. The molecule has 0 aliphatic carbocycles. The highest BCUT2D eigenvalue weighted by molar-refractivity contribution is 7.23. The maximum Gasteiger partial charge on any atom is 0.319 e. The summed E-state index contributed by atoms with van der Waals surface area (Å²) < 4.78 is 48.9. The minimum atomic E-state index is -0.795. The number of likely N-dealkylation sites (tertiary alicyclic amines) is 2. The summed E-state index contributed by atoms with van der Waals surface area (Å²) in [6.45, 7) is 5.35. The van der Waals surface area contributed by atoms with Crippen LogP contribution in [-0.2, 0) is 14.3 Å². The molecule has 5 heterocycles. The first-order valence-electron chi connectivity index (χ1n) is 15.4. The molecule has 15 heteroatoms. The van der Waals surface area contributed by atoms with Crippen molar-refractivity contribution in [2.75, 3.05) is 65.3 Å². The van der Waals surface area contributed by atoms with Crippen molar-refractivity contribution < 1.29 is 27.8 Å². The zero-order valence-electron chi connectivity index (χ0n) is 27.1. The van der Waals surface area contributed by atoms with Crippen molar-refractivity contribution in [1.82, 2.24) is 24.8 Å². The molecule has 1 aromatic carbocycles. The van der Waals surface area contributed by atoms with E-state index in [0.717, 1.165) is 24.3 Å². The van der Waals surface area contributed by atoms with Gasteiger partial charge in [0.15, 0.2) is 5.82 Å². The number of fused-ring (bicyclic) bond motifs is 2. The van der Waals surface area contributed by atoms with Crippen LogP contribution in [0.15, 0.2) is 31.0 Å². The maximum atomic E-state index is 16.8. The smallest absolute Gasteiger partial charge is 0.319 e. The number of ether oxygens (including phenoxy) is 3. The van der Waals surface area contributed by atoms with E-state index in [2.05, 4.69) is 21.4 Å². The number of thiophene rings is 1. The Morgan fingerprint density at radius 3 is 2.77 bits per heavy atom. The second kappa shape index (κ2) is 13.6. The first-order valence-corrected chi connectivity index (χ1v) is 16.2. The Kier molecular flexibility index (Phi) is 9.44. The average molecular weight is 679 g/mol. The molecule has 0 saturated carbocycles. The minimum Gasteiger partial charge on any atom is -0.462 e. The molecule has 48 heavy (non-hydrogen) atoms. The molecule has 4 atom stereocenters. The predicted octanol–water partition coefficient (Wildman–Crippen LogP) is 3.97. The van der Waals surface area contributed by atoms with Gasteiger partial charge in [0.05, 0.1) is 40.4 Å². The van der Waals surface area contributed by atoms with Crippen molar-refractivity contribution in [2.24, 2.45) is 0 Å². The number of likely N-dealkylation sites (N-methyl/N-ethyl adjacent to an activating group) is 2. The van der Waals surface area contributed by atoms with Crippen LogP contribution in [0.2, 0.25) is 0 Å². The molecule has 252 valence electrons. The number of nitrogens with two attached hydrogens (primary N) is 1. The van der Waals surface area contributed by atoms with Crippen LogP contribution in [0.5, 0.6) is 6.01 Å². The third kappa shape index (κ3) is 5.79. The highest BCUT2D eigenvalue weighted by Gasteiger charge is 2.40. The van der Waals surface area contributed by atoms with Gasteiger partial charge < -0.3 is 29.7 Å². The van der Waals surface area contributed by atoms with E-state index >= 15 is 4.39 Å².